The summed E-state index contributed by atoms with van der Waals surface area (Å²) in [5, 5.41) is 4.56. The lowest BCUT2D eigenvalue weighted by molar-refractivity contribution is 0.628. The Labute approximate surface area is 243 Å². The molecule has 0 N–H and O–H groups in total. The van der Waals surface area contributed by atoms with Crippen molar-refractivity contribution in [1.82, 2.24) is 9.55 Å². The first-order chi connectivity index (χ1) is 20.7. The third-order valence-corrected chi connectivity index (χ3v) is 9.22. The van der Waals surface area contributed by atoms with E-state index in [0.29, 0.717) is 0 Å². The van der Waals surface area contributed by atoms with Crippen molar-refractivity contribution in [1.29, 1.82) is 0 Å². The van der Waals surface area contributed by atoms with E-state index in [1.807, 2.05) is 41.7 Å². The van der Waals surface area contributed by atoms with Gasteiger partial charge in [0, 0.05) is 42.2 Å². The average molecular weight is 561 g/mol. The summed E-state index contributed by atoms with van der Waals surface area (Å²) < 4.78 is 25.0. The van der Waals surface area contributed by atoms with Crippen LogP contribution in [0.15, 0.2) is 132 Å². The highest BCUT2D eigenvalue weighted by molar-refractivity contribution is 7.25. The molecule has 6 aromatic carbocycles. The number of halogens is 1. The summed E-state index contributed by atoms with van der Waals surface area (Å²) in [6.07, 6.45) is 0. The van der Waals surface area contributed by atoms with E-state index in [1.165, 1.54) is 26.2 Å². The number of nitrogens with zero attached hydrogens (tertiary/aromatic N) is 2. The van der Waals surface area contributed by atoms with E-state index in [9.17, 15) is 4.39 Å². The van der Waals surface area contributed by atoms with Crippen LogP contribution in [0.3, 0.4) is 0 Å². The summed E-state index contributed by atoms with van der Waals surface area (Å²) in [4.78, 5) is 5.12. The van der Waals surface area contributed by atoms with Crippen molar-refractivity contribution in [2.24, 2.45) is 0 Å². The number of furan rings is 1. The molecule has 0 spiro atoms. The van der Waals surface area contributed by atoms with Crippen molar-refractivity contribution >= 4 is 64.5 Å². The minimum atomic E-state index is -0.254. The van der Waals surface area contributed by atoms with Crippen LogP contribution in [0, 0.1) is 5.82 Å². The molecule has 0 radical (unpaired) electrons. The van der Waals surface area contributed by atoms with Gasteiger partial charge in [0.1, 0.15) is 22.8 Å². The van der Waals surface area contributed by atoms with Crippen LogP contribution >= 0.6 is 11.3 Å². The summed E-state index contributed by atoms with van der Waals surface area (Å²) in [6, 6.07) is 42.5. The maximum Gasteiger partial charge on any atom is 0.145 e. The Kier molecular flexibility index (Phi) is 4.95. The SMILES string of the molecule is Fc1cccc(-c2ccc3c(c2)oc2ccc(-c4nc5ccccc5n4-c4ccc5sc6ccccc6c5c4)cc23)c1. The van der Waals surface area contributed by atoms with Gasteiger partial charge in [-0.25, -0.2) is 9.37 Å². The van der Waals surface area contributed by atoms with E-state index in [-0.39, 0.29) is 5.82 Å². The van der Waals surface area contributed by atoms with Crippen LogP contribution in [0.4, 0.5) is 4.39 Å². The molecule has 0 saturated heterocycles. The fraction of sp³-hybridized carbons (Fsp3) is 0. The fourth-order valence-electron chi connectivity index (χ4n) is 6.10. The molecule has 0 saturated carbocycles. The smallest absolute Gasteiger partial charge is 0.145 e. The summed E-state index contributed by atoms with van der Waals surface area (Å²) >= 11 is 1.82. The number of thiophene rings is 1. The summed E-state index contributed by atoms with van der Waals surface area (Å²) in [5.74, 6) is 0.624. The molecule has 3 aromatic heterocycles. The van der Waals surface area contributed by atoms with E-state index in [2.05, 4.69) is 83.4 Å². The van der Waals surface area contributed by atoms with Crippen molar-refractivity contribution in [2.45, 2.75) is 0 Å². The number of fused-ring (bicyclic) bond motifs is 7. The zero-order valence-electron chi connectivity index (χ0n) is 22.2. The first-order valence-electron chi connectivity index (χ1n) is 13.8. The quantitative estimate of drug-likeness (QED) is 0.215. The van der Waals surface area contributed by atoms with Crippen molar-refractivity contribution in [3.63, 3.8) is 0 Å². The predicted molar refractivity (Wildman–Crippen MR) is 172 cm³/mol. The molecular weight excluding hydrogens is 539 g/mol. The molecule has 3 heterocycles. The highest BCUT2D eigenvalue weighted by Gasteiger charge is 2.18. The van der Waals surface area contributed by atoms with E-state index in [4.69, 9.17) is 9.40 Å². The molecule has 0 bridgehead atoms. The standard InChI is InChI=1S/C37H21FN2OS/c38-25-7-5-6-22(18-25)23-12-15-27-29-19-24(13-16-33(29)41-34(27)20-23)37-39-31-9-2-3-10-32(31)40(37)26-14-17-36-30(21-26)28-8-1-4-11-35(28)42-36/h1-21H. The fourth-order valence-corrected chi connectivity index (χ4v) is 7.18. The van der Waals surface area contributed by atoms with Crippen molar-refractivity contribution in [3.8, 4) is 28.2 Å². The van der Waals surface area contributed by atoms with E-state index < -0.39 is 0 Å². The molecule has 0 aliphatic carbocycles. The Balaban J connectivity index is 1.24. The van der Waals surface area contributed by atoms with Crippen LogP contribution < -0.4 is 0 Å². The normalized spacial score (nSPS) is 11.9. The van der Waals surface area contributed by atoms with E-state index in [0.717, 1.165) is 61.2 Å². The number of hydrogen-bond acceptors (Lipinski definition) is 3. The lowest BCUT2D eigenvalue weighted by Crippen LogP contribution is -1.97. The lowest BCUT2D eigenvalue weighted by atomic mass is 10.0. The summed E-state index contributed by atoms with van der Waals surface area (Å²) in [6.45, 7) is 0. The minimum Gasteiger partial charge on any atom is -0.456 e. The van der Waals surface area contributed by atoms with Gasteiger partial charge in [0.05, 0.1) is 11.0 Å². The Morgan fingerprint density at radius 1 is 0.571 bits per heavy atom. The highest BCUT2D eigenvalue weighted by atomic mass is 32.1. The van der Waals surface area contributed by atoms with Gasteiger partial charge < -0.3 is 4.42 Å². The van der Waals surface area contributed by atoms with Gasteiger partial charge in [-0.05, 0) is 90.0 Å². The average Bonchev–Trinajstić information content (AvgIpc) is 3.71. The molecule has 0 amide bonds. The number of rotatable bonds is 3. The van der Waals surface area contributed by atoms with Gasteiger partial charge >= 0.3 is 0 Å². The second-order valence-corrected chi connectivity index (χ2v) is 11.7. The predicted octanol–water partition coefficient (Wildman–Crippen LogP) is 10.8. The first kappa shape index (κ1) is 23.4. The largest absolute Gasteiger partial charge is 0.456 e. The second kappa shape index (κ2) is 8.87. The van der Waals surface area contributed by atoms with E-state index in [1.54, 1.807) is 12.1 Å². The third-order valence-electron chi connectivity index (χ3n) is 8.07. The zero-order chi connectivity index (χ0) is 27.8. The topological polar surface area (TPSA) is 31.0 Å². The summed E-state index contributed by atoms with van der Waals surface area (Å²) in [5.41, 5.74) is 7.40. The monoisotopic (exact) mass is 560 g/mol. The molecule has 9 rings (SSSR count). The lowest BCUT2D eigenvalue weighted by Gasteiger charge is -2.10. The highest BCUT2D eigenvalue weighted by Crippen LogP contribution is 2.39. The maximum absolute atomic E-state index is 13.9. The number of imidazole rings is 1. The van der Waals surface area contributed by atoms with Crippen LogP contribution in [0.5, 0.6) is 0 Å². The number of para-hydroxylation sites is 2. The van der Waals surface area contributed by atoms with Crippen LogP contribution in [0.25, 0.3) is 81.3 Å². The van der Waals surface area contributed by atoms with Gasteiger partial charge in [-0.3, -0.25) is 4.57 Å². The number of aromatic nitrogens is 2. The van der Waals surface area contributed by atoms with Gasteiger partial charge in [-0.1, -0.05) is 48.5 Å². The molecule has 0 unspecified atom stereocenters. The van der Waals surface area contributed by atoms with Gasteiger partial charge in [0.25, 0.3) is 0 Å². The van der Waals surface area contributed by atoms with Crippen LogP contribution in [-0.4, -0.2) is 9.55 Å². The number of benzene rings is 6. The zero-order valence-corrected chi connectivity index (χ0v) is 23.0. The Morgan fingerprint density at radius 3 is 2.36 bits per heavy atom. The molecule has 0 fully saturated rings. The van der Waals surface area contributed by atoms with Crippen molar-refractivity contribution in [3.05, 3.63) is 133 Å². The molecule has 9 aromatic rings. The molecule has 0 aliphatic rings. The third kappa shape index (κ3) is 3.54. The molecule has 0 aliphatic heterocycles. The van der Waals surface area contributed by atoms with Gasteiger partial charge in [0.15, 0.2) is 0 Å². The molecular formula is C37H21FN2OS. The van der Waals surface area contributed by atoms with Crippen molar-refractivity contribution in [2.75, 3.05) is 0 Å². The van der Waals surface area contributed by atoms with Gasteiger partial charge in [-0.15, -0.1) is 11.3 Å². The molecule has 198 valence electrons. The molecule has 3 nitrogen and oxygen atoms in total. The second-order valence-electron chi connectivity index (χ2n) is 10.6. The molecule has 42 heavy (non-hydrogen) atoms. The summed E-state index contributed by atoms with van der Waals surface area (Å²) in [7, 11) is 0. The first-order valence-corrected chi connectivity index (χ1v) is 14.6. The number of hydrogen-bond donors (Lipinski definition) is 0. The van der Waals surface area contributed by atoms with E-state index >= 15 is 0 Å². The molecule has 0 atom stereocenters. The Bertz CT molecular complexity index is 2500. The van der Waals surface area contributed by atoms with Crippen LogP contribution in [-0.2, 0) is 0 Å². The Hall–Kier alpha value is -5.26. The Morgan fingerprint density at radius 2 is 1.40 bits per heavy atom. The van der Waals surface area contributed by atoms with Crippen LogP contribution in [0.1, 0.15) is 0 Å². The minimum absolute atomic E-state index is 0.254. The molecule has 5 heteroatoms. The van der Waals surface area contributed by atoms with Gasteiger partial charge in [0.2, 0.25) is 0 Å². The van der Waals surface area contributed by atoms with Crippen molar-refractivity contribution < 1.29 is 8.81 Å². The van der Waals surface area contributed by atoms with Crippen LogP contribution in [0.2, 0.25) is 0 Å². The maximum atomic E-state index is 13.9. The van der Waals surface area contributed by atoms with Gasteiger partial charge in [-0.2, -0.15) is 0 Å².